The number of hydrogen-bond acceptors (Lipinski definition) is 3. The molecule has 0 amide bonds. The van der Waals surface area contributed by atoms with Gasteiger partial charge in [-0.1, -0.05) is 66.7 Å². The van der Waals surface area contributed by atoms with Crippen molar-refractivity contribution in [1.29, 1.82) is 0 Å². The molecule has 7 rings (SSSR count). The fourth-order valence-electron chi connectivity index (χ4n) is 6.61. The fourth-order valence-corrected chi connectivity index (χ4v) is 9.89. The van der Waals surface area contributed by atoms with E-state index in [2.05, 4.69) is 78.4 Å². The first kappa shape index (κ1) is 26.3. The highest BCUT2D eigenvalue weighted by Gasteiger charge is 2.39. The van der Waals surface area contributed by atoms with Gasteiger partial charge in [0.05, 0.1) is 5.76 Å². The molecule has 1 aliphatic carbocycles. The summed E-state index contributed by atoms with van der Waals surface area (Å²) in [5.41, 5.74) is 3.75. The summed E-state index contributed by atoms with van der Waals surface area (Å²) in [5.74, 6) is 1.83. The molecule has 4 nitrogen and oxygen atoms in total. The van der Waals surface area contributed by atoms with Crippen LogP contribution in [0.1, 0.15) is 31.7 Å². The van der Waals surface area contributed by atoms with E-state index in [0.717, 1.165) is 47.1 Å². The molecule has 0 radical (unpaired) electrons. The number of rotatable bonds is 8. The van der Waals surface area contributed by atoms with Crippen LogP contribution in [0.3, 0.4) is 0 Å². The number of H-pyrrole nitrogens is 1. The van der Waals surface area contributed by atoms with Crippen LogP contribution in [0.15, 0.2) is 106 Å². The molecule has 3 aromatic carbocycles. The van der Waals surface area contributed by atoms with E-state index in [1.165, 1.54) is 34.6 Å². The summed E-state index contributed by atoms with van der Waals surface area (Å²) < 4.78 is 20.5. The summed E-state index contributed by atoms with van der Waals surface area (Å²) in [7, 11) is -3.28. The molecule has 3 unspecified atom stereocenters. The predicted octanol–water partition coefficient (Wildman–Crippen LogP) is 6.76. The first-order valence-electron chi connectivity index (χ1n) is 14.2. The second-order valence-electron chi connectivity index (χ2n) is 11.5. The number of para-hydroxylation sites is 1. The van der Waals surface area contributed by atoms with Gasteiger partial charge in [-0.3, -0.25) is 4.90 Å². The van der Waals surface area contributed by atoms with Crippen LogP contribution in [-0.2, 0) is 21.6 Å². The average molecular weight is 555 g/mol. The largest absolute Gasteiger partial charge is 0.543 e. The Bertz CT molecular complexity index is 1510. The Balaban J connectivity index is 1.25. The topological polar surface area (TPSA) is 45.3 Å². The van der Waals surface area contributed by atoms with E-state index in [4.69, 9.17) is 4.43 Å². The molecule has 2 bridgehead atoms. The molecule has 3 heterocycles. The van der Waals surface area contributed by atoms with Gasteiger partial charge < -0.3 is 9.41 Å². The van der Waals surface area contributed by atoms with Crippen molar-refractivity contribution >= 4 is 35.2 Å². The second kappa shape index (κ2) is 10.9. The van der Waals surface area contributed by atoms with Crippen LogP contribution in [0, 0.1) is 5.92 Å². The van der Waals surface area contributed by atoms with Gasteiger partial charge in [-0.15, -0.1) is 0 Å². The third kappa shape index (κ3) is 5.30. The molecule has 39 heavy (non-hydrogen) atoms. The second-order valence-corrected chi connectivity index (χ2v) is 16.7. The molecule has 2 saturated heterocycles. The Morgan fingerprint density at radius 3 is 2.41 bits per heavy atom. The highest BCUT2D eigenvalue weighted by Crippen LogP contribution is 2.41. The van der Waals surface area contributed by atoms with Gasteiger partial charge >= 0.3 is 0 Å². The lowest BCUT2D eigenvalue weighted by Gasteiger charge is -2.48. The monoisotopic (exact) mass is 554 g/mol. The lowest BCUT2D eigenvalue weighted by atomic mass is 9.76. The number of aromatic amines is 1. The Morgan fingerprint density at radius 2 is 1.67 bits per heavy atom. The zero-order valence-electron chi connectivity index (χ0n) is 23.2. The smallest absolute Gasteiger partial charge is 0.276 e. The van der Waals surface area contributed by atoms with Gasteiger partial charge in [0, 0.05) is 34.9 Å². The van der Waals surface area contributed by atoms with Crippen molar-refractivity contribution in [3.8, 4) is 0 Å². The molecule has 6 heteroatoms. The molecule has 1 N–H and O–H groups in total. The van der Waals surface area contributed by atoms with Crippen molar-refractivity contribution in [2.45, 2.75) is 61.7 Å². The van der Waals surface area contributed by atoms with Gasteiger partial charge in [-0.05, 0) is 86.1 Å². The minimum atomic E-state index is -2.04. The maximum absolute atomic E-state index is 13.7. The molecule has 3 fully saturated rings. The quantitative estimate of drug-likeness (QED) is 0.193. The molecule has 3 atom stereocenters. The molecular weight excluding hydrogens is 517 g/mol. The molecular formula is C33H38N2O2SSi. The number of fused-ring (bicyclic) bond motifs is 4. The van der Waals surface area contributed by atoms with E-state index in [9.17, 15) is 4.21 Å². The molecule has 1 saturated carbocycles. The summed E-state index contributed by atoms with van der Waals surface area (Å²) >= 11 is 0. The first-order valence-corrected chi connectivity index (χ1v) is 18.2. The number of nitrogens with one attached hydrogen (secondary N) is 1. The Labute approximate surface area is 235 Å². The van der Waals surface area contributed by atoms with Gasteiger partial charge in [0.25, 0.3) is 8.32 Å². The summed E-state index contributed by atoms with van der Waals surface area (Å²) in [5, 5.41) is 3.36. The molecule has 4 aromatic rings. The highest BCUT2D eigenvalue weighted by atomic mass is 32.2. The Morgan fingerprint density at radius 1 is 0.974 bits per heavy atom. The summed E-state index contributed by atoms with van der Waals surface area (Å²) in [6.45, 7) is 8.90. The van der Waals surface area contributed by atoms with Crippen LogP contribution in [0.2, 0.25) is 13.1 Å². The van der Waals surface area contributed by atoms with Crippen molar-refractivity contribution in [1.82, 2.24) is 9.88 Å². The first-order chi connectivity index (χ1) is 18.9. The SMILES string of the molecule is C/C(O[Si](C)(C)c1ccccc1)=C1/CC2CCC1N(CCc1c(S(=O)c3ccccc3)[nH]c3ccccc13)C2. The maximum Gasteiger partial charge on any atom is 0.276 e. The number of aromatic nitrogens is 1. The number of hydrogen-bond donors (Lipinski definition) is 1. The van der Waals surface area contributed by atoms with Crippen LogP contribution in [-0.4, -0.2) is 41.5 Å². The van der Waals surface area contributed by atoms with E-state index in [0.29, 0.717) is 12.0 Å². The molecule has 0 spiro atoms. The van der Waals surface area contributed by atoms with Crippen LogP contribution >= 0.6 is 0 Å². The number of allylic oxidation sites excluding steroid dienone is 1. The van der Waals surface area contributed by atoms with E-state index in [1.807, 2.05) is 36.4 Å². The predicted molar refractivity (Wildman–Crippen MR) is 163 cm³/mol. The minimum absolute atomic E-state index is 0.434. The zero-order chi connectivity index (χ0) is 27.0. The highest BCUT2D eigenvalue weighted by molar-refractivity contribution is 7.85. The normalized spacial score (nSPS) is 21.7. The van der Waals surface area contributed by atoms with E-state index < -0.39 is 19.1 Å². The van der Waals surface area contributed by atoms with Gasteiger partial charge in [0.1, 0.15) is 15.8 Å². The van der Waals surface area contributed by atoms with Gasteiger partial charge in [0.2, 0.25) is 0 Å². The van der Waals surface area contributed by atoms with Gasteiger partial charge in [-0.25, -0.2) is 4.21 Å². The fraction of sp³-hybridized carbons (Fsp3) is 0.333. The minimum Gasteiger partial charge on any atom is -0.543 e. The number of piperidine rings is 2. The van der Waals surface area contributed by atoms with E-state index in [-0.39, 0.29) is 0 Å². The molecule has 202 valence electrons. The Hall–Kier alpha value is -2.93. The maximum atomic E-state index is 13.7. The average Bonchev–Trinajstić information content (AvgIpc) is 3.35. The van der Waals surface area contributed by atoms with E-state index >= 15 is 0 Å². The lowest BCUT2D eigenvalue weighted by Crippen LogP contribution is -2.51. The summed E-state index contributed by atoms with van der Waals surface area (Å²) in [4.78, 5) is 7.02. The third-order valence-electron chi connectivity index (χ3n) is 8.59. The van der Waals surface area contributed by atoms with Crippen molar-refractivity contribution in [2.24, 2.45) is 5.92 Å². The molecule has 2 aliphatic heterocycles. The van der Waals surface area contributed by atoms with Crippen LogP contribution < -0.4 is 5.19 Å². The van der Waals surface area contributed by atoms with E-state index in [1.54, 1.807) is 0 Å². The third-order valence-corrected chi connectivity index (χ3v) is 12.5. The standard InChI is InChI=1S/C33H38N2O2SSi/c1-24(37-39(2,3)27-14-8-5-9-15-27)30-22-25-18-19-32(30)35(23-25)21-20-29-28-16-10-11-17-31(28)34-33(29)38(36)26-12-6-4-7-13-26/h4-17,25,32,34H,18-23H2,1-3H3/b30-24+. The van der Waals surface area contributed by atoms with Gasteiger partial charge in [0.15, 0.2) is 0 Å². The van der Waals surface area contributed by atoms with Crippen LogP contribution in [0.4, 0.5) is 0 Å². The molecule has 1 aromatic heterocycles. The number of nitrogens with zero attached hydrogens (tertiary/aromatic N) is 1. The van der Waals surface area contributed by atoms with Crippen molar-refractivity contribution in [3.05, 3.63) is 102 Å². The van der Waals surface area contributed by atoms with Crippen LogP contribution in [0.25, 0.3) is 10.9 Å². The zero-order valence-corrected chi connectivity index (χ0v) is 25.0. The van der Waals surface area contributed by atoms with Crippen molar-refractivity contribution in [3.63, 3.8) is 0 Å². The lowest BCUT2D eigenvalue weighted by molar-refractivity contribution is 0.0867. The summed E-state index contributed by atoms with van der Waals surface area (Å²) in [6.07, 6.45) is 4.53. The summed E-state index contributed by atoms with van der Waals surface area (Å²) in [6, 6.07) is 29.3. The van der Waals surface area contributed by atoms with Crippen molar-refractivity contribution in [2.75, 3.05) is 13.1 Å². The van der Waals surface area contributed by atoms with Crippen LogP contribution in [0.5, 0.6) is 0 Å². The number of benzene rings is 3. The van der Waals surface area contributed by atoms with Gasteiger partial charge in [-0.2, -0.15) is 0 Å². The molecule has 3 aliphatic rings. The Kier molecular flexibility index (Phi) is 7.36. The van der Waals surface area contributed by atoms with Crippen molar-refractivity contribution < 1.29 is 8.63 Å².